The van der Waals surface area contributed by atoms with Crippen molar-refractivity contribution in [1.82, 2.24) is 4.90 Å². The number of likely N-dealkylation sites (N-methyl/N-ethyl adjacent to an activating group) is 1. The van der Waals surface area contributed by atoms with Crippen molar-refractivity contribution in [2.75, 3.05) is 13.7 Å². The van der Waals surface area contributed by atoms with Crippen molar-refractivity contribution in [3.63, 3.8) is 0 Å². The van der Waals surface area contributed by atoms with Gasteiger partial charge in [0.2, 0.25) is 0 Å². The Kier molecular flexibility index (Phi) is 6.55. The van der Waals surface area contributed by atoms with Crippen LogP contribution in [0, 0.1) is 17.0 Å². The number of aryl methyl sites for hydroxylation is 1. The molecule has 0 fully saturated rings. The monoisotopic (exact) mass is 370 g/mol. The average Bonchev–Trinajstić information content (AvgIpc) is 2.65. The number of ether oxygens (including phenoxy) is 1. The Morgan fingerprint density at radius 2 is 1.85 bits per heavy atom. The predicted molar refractivity (Wildman–Crippen MR) is 105 cm³/mol. The van der Waals surface area contributed by atoms with Crippen LogP contribution in [0.5, 0.6) is 5.75 Å². The van der Waals surface area contributed by atoms with Crippen LogP contribution < -0.4 is 4.74 Å². The van der Waals surface area contributed by atoms with Crippen molar-refractivity contribution in [2.24, 2.45) is 0 Å². The van der Waals surface area contributed by atoms with Crippen LogP contribution in [-0.4, -0.2) is 29.4 Å². The molecule has 1 amide bonds. The van der Waals surface area contributed by atoms with Crippen molar-refractivity contribution in [3.8, 4) is 5.75 Å². The van der Waals surface area contributed by atoms with E-state index >= 15 is 0 Å². The second kappa shape index (κ2) is 8.66. The lowest BCUT2D eigenvalue weighted by Crippen LogP contribution is -2.33. The fourth-order valence-corrected chi connectivity index (χ4v) is 2.71. The number of carbonyl (C=O) groups is 1. The first-order valence-corrected chi connectivity index (χ1v) is 8.94. The highest BCUT2D eigenvalue weighted by atomic mass is 16.6. The van der Waals surface area contributed by atoms with Crippen molar-refractivity contribution in [3.05, 3.63) is 69.3 Å². The summed E-state index contributed by atoms with van der Waals surface area (Å²) in [7, 11) is 1.67. The number of rotatable bonds is 7. The molecule has 2 aromatic carbocycles. The Morgan fingerprint density at radius 3 is 2.48 bits per heavy atom. The van der Waals surface area contributed by atoms with Gasteiger partial charge in [-0.3, -0.25) is 14.9 Å². The van der Waals surface area contributed by atoms with Gasteiger partial charge >= 0.3 is 0 Å². The summed E-state index contributed by atoms with van der Waals surface area (Å²) in [5, 5.41) is 11.0. The normalized spacial score (nSPS) is 11.9. The first-order valence-electron chi connectivity index (χ1n) is 8.94. The van der Waals surface area contributed by atoms with Crippen LogP contribution in [0.1, 0.15) is 49.4 Å². The first kappa shape index (κ1) is 20.4. The van der Waals surface area contributed by atoms with Crippen LogP contribution in [0.2, 0.25) is 0 Å². The van der Waals surface area contributed by atoms with Crippen molar-refractivity contribution in [1.29, 1.82) is 0 Å². The molecule has 0 radical (unpaired) electrons. The van der Waals surface area contributed by atoms with Crippen LogP contribution in [0.3, 0.4) is 0 Å². The maximum absolute atomic E-state index is 12.5. The standard InChI is InChI=1S/C21H26N2O4/c1-14(2)17-10-9-15(3)20(12-17)27-13-21(24)22(5)16(4)18-7-6-8-19(11-18)23(25)26/h6-12,14,16H,13H2,1-5H3/t16-/m1/s1. The minimum absolute atomic E-state index is 0.0116. The van der Waals surface area contributed by atoms with Gasteiger partial charge in [-0.1, -0.05) is 38.1 Å². The molecule has 0 saturated heterocycles. The molecule has 0 aromatic heterocycles. The summed E-state index contributed by atoms with van der Waals surface area (Å²) in [5.41, 5.74) is 2.85. The lowest BCUT2D eigenvalue weighted by Gasteiger charge is -2.25. The van der Waals surface area contributed by atoms with E-state index in [9.17, 15) is 14.9 Å². The molecule has 0 aliphatic carbocycles. The number of nitro benzene ring substituents is 1. The third-order valence-electron chi connectivity index (χ3n) is 4.77. The molecule has 0 aliphatic heterocycles. The molecule has 6 heteroatoms. The molecule has 0 heterocycles. The Labute approximate surface area is 159 Å². The van der Waals surface area contributed by atoms with E-state index in [-0.39, 0.29) is 24.2 Å². The fraction of sp³-hybridized carbons (Fsp3) is 0.381. The van der Waals surface area contributed by atoms with E-state index in [1.165, 1.54) is 12.1 Å². The zero-order valence-corrected chi connectivity index (χ0v) is 16.4. The van der Waals surface area contributed by atoms with E-state index in [0.29, 0.717) is 17.2 Å². The van der Waals surface area contributed by atoms with E-state index in [0.717, 1.165) is 11.1 Å². The SMILES string of the molecule is Cc1ccc(C(C)C)cc1OCC(=O)N(C)[C@H](C)c1cccc([N+](=O)[O-])c1. The van der Waals surface area contributed by atoms with Gasteiger partial charge in [0, 0.05) is 19.2 Å². The highest BCUT2D eigenvalue weighted by Crippen LogP contribution is 2.25. The number of carbonyl (C=O) groups excluding carboxylic acids is 1. The Hall–Kier alpha value is -2.89. The molecule has 0 saturated carbocycles. The Balaban J connectivity index is 2.06. The second-order valence-electron chi connectivity index (χ2n) is 7.00. The quantitative estimate of drug-likeness (QED) is 0.526. The van der Waals surface area contributed by atoms with E-state index in [1.54, 1.807) is 24.1 Å². The number of nitrogens with zero attached hydrogens (tertiary/aromatic N) is 2. The summed E-state index contributed by atoms with van der Waals surface area (Å²) in [4.78, 5) is 24.6. The predicted octanol–water partition coefficient (Wildman–Crippen LogP) is 4.63. The van der Waals surface area contributed by atoms with Gasteiger partial charge < -0.3 is 9.64 Å². The largest absolute Gasteiger partial charge is 0.483 e. The molecular weight excluding hydrogens is 344 g/mol. The van der Waals surface area contributed by atoms with Crippen LogP contribution >= 0.6 is 0 Å². The van der Waals surface area contributed by atoms with Crippen molar-refractivity contribution >= 4 is 11.6 Å². The Bertz CT molecular complexity index is 833. The van der Waals surface area contributed by atoms with Crippen molar-refractivity contribution in [2.45, 2.75) is 39.7 Å². The molecule has 6 nitrogen and oxygen atoms in total. The van der Waals surface area contributed by atoms with E-state index in [4.69, 9.17) is 4.74 Å². The van der Waals surface area contributed by atoms with Gasteiger partial charge in [-0.05, 0) is 42.5 Å². The number of hydrogen-bond donors (Lipinski definition) is 0. The molecule has 2 rings (SSSR count). The lowest BCUT2D eigenvalue weighted by atomic mass is 10.0. The van der Waals surface area contributed by atoms with Crippen LogP contribution in [0.15, 0.2) is 42.5 Å². The van der Waals surface area contributed by atoms with Crippen LogP contribution in [-0.2, 0) is 4.79 Å². The van der Waals surface area contributed by atoms with Crippen molar-refractivity contribution < 1.29 is 14.5 Å². The molecule has 27 heavy (non-hydrogen) atoms. The van der Waals surface area contributed by atoms with Gasteiger partial charge in [0.15, 0.2) is 6.61 Å². The van der Waals surface area contributed by atoms with Gasteiger partial charge in [-0.2, -0.15) is 0 Å². The van der Waals surface area contributed by atoms with E-state index in [1.807, 2.05) is 26.0 Å². The summed E-state index contributed by atoms with van der Waals surface area (Å²) < 4.78 is 5.76. The smallest absolute Gasteiger partial charge is 0.269 e. The van der Waals surface area contributed by atoms with Gasteiger partial charge in [0.05, 0.1) is 11.0 Å². The molecular formula is C21H26N2O4. The number of amides is 1. The number of benzene rings is 2. The zero-order chi connectivity index (χ0) is 20.1. The molecule has 0 N–H and O–H groups in total. The molecule has 0 aliphatic rings. The van der Waals surface area contributed by atoms with Crippen LogP contribution in [0.25, 0.3) is 0 Å². The highest BCUT2D eigenvalue weighted by Gasteiger charge is 2.20. The van der Waals surface area contributed by atoms with E-state index in [2.05, 4.69) is 19.9 Å². The molecule has 144 valence electrons. The summed E-state index contributed by atoms with van der Waals surface area (Å²) in [6.07, 6.45) is 0. The summed E-state index contributed by atoms with van der Waals surface area (Å²) in [6.45, 7) is 7.90. The molecule has 0 unspecified atom stereocenters. The summed E-state index contributed by atoms with van der Waals surface area (Å²) >= 11 is 0. The molecule has 0 spiro atoms. The van der Waals surface area contributed by atoms with Gasteiger partial charge in [-0.15, -0.1) is 0 Å². The van der Waals surface area contributed by atoms with E-state index < -0.39 is 4.92 Å². The Morgan fingerprint density at radius 1 is 1.15 bits per heavy atom. The molecule has 1 atom stereocenters. The third-order valence-corrected chi connectivity index (χ3v) is 4.77. The van der Waals surface area contributed by atoms with Gasteiger partial charge in [-0.25, -0.2) is 0 Å². The molecule has 2 aromatic rings. The first-order chi connectivity index (χ1) is 12.7. The lowest BCUT2D eigenvalue weighted by molar-refractivity contribution is -0.384. The zero-order valence-electron chi connectivity index (χ0n) is 16.4. The maximum atomic E-state index is 12.5. The highest BCUT2D eigenvalue weighted by molar-refractivity contribution is 5.78. The molecule has 0 bridgehead atoms. The summed E-state index contributed by atoms with van der Waals surface area (Å²) in [6, 6.07) is 12.0. The topological polar surface area (TPSA) is 72.7 Å². The minimum Gasteiger partial charge on any atom is -0.483 e. The number of hydrogen-bond acceptors (Lipinski definition) is 4. The summed E-state index contributed by atoms with van der Waals surface area (Å²) in [5.74, 6) is 0.884. The average molecular weight is 370 g/mol. The number of nitro groups is 1. The fourth-order valence-electron chi connectivity index (χ4n) is 2.71. The third kappa shape index (κ3) is 5.06. The second-order valence-corrected chi connectivity index (χ2v) is 7.00. The maximum Gasteiger partial charge on any atom is 0.269 e. The number of non-ortho nitro benzene ring substituents is 1. The van der Waals surface area contributed by atoms with Gasteiger partial charge in [0.1, 0.15) is 5.75 Å². The van der Waals surface area contributed by atoms with Crippen LogP contribution in [0.4, 0.5) is 5.69 Å². The minimum atomic E-state index is -0.439. The van der Waals surface area contributed by atoms with Gasteiger partial charge in [0.25, 0.3) is 11.6 Å².